The minimum Gasteiger partial charge on any atom is -0.404 e. The second-order valence-electron chi connectivity index (χ2n) is 3.04. The highest BCUT2D eigenvalue weighted by atomic mass is 19.1. The zero-order valence-electron chi connectivity index (χ0n) is 8.87. The number of hydrogen-bond acceptors (Lipinski definition) is 3. The molecule has 0 saturated heterocycles. The van der Waals surface area contributed by atoms with Gasteiger partial charge in [0.15, 0.2) is 0 Å². The predicted molar refractivity (Wildman–Crippen MR) is 60.2 cm³/mol. The van der Waals surface area contributed by atoms with Gasteiger partial charge in [-0.15, -0.1) is 0 Å². The first kappa shape index (κ1) is 11.4. The molecule has 1 aromatic rings. The molecule has 1 heterocycles. The van der Waals surface area contributed by atoms with Crippen LogP contribution in [0.1, 0.15) is 18.1 Å². The maximum Gasteiger partial charge on any atom is 0.216 e. The Morgan fingerprint density at radius 1 is 1.67 bits per heavy atom. The summed E-state index contributed by atoms with van der Waals surface area (Å²) in [6.07, 6.45) is 5.11. The number of pyridine rings is 1. The first-order chi connectivity index (χ1) is 7.22. The lowest BCUT2D eigenvalue weighted by Gasteiger charge is -2.04. The Morgan fingerprint density at radius 2 is 2.40 bits per heavy atom. The normalized spacial score (nSPS) is 12.3. The van der Waals surface area contributed by atoms with Crippen LogP contribution in [0.3, 0.4) is 0 Å². The van der Waals surface area contributed by atoms with E-state index >= 15 is 0 Å². The number of allylic oxidation sites excluding steroid dienone is 1. The van der Waals surface area contributed by atoms with Crippen LogP contribution in [0, 0.1) is 5.95 Å². The average Bonchev–Trinajstić information content (AvgIpc) is 2.27. The third kappa shape index (κ3) is 2.62. The molecule has 0 amide bonds. The molecule has 0 spiro atoms. The fraction of sp³-hybridized carbons (Fsp3) is 0.273. The summed E-state index contributed by atoms with van der Waals surface area (Å²) in [4.78, 5) is 7.54. The smallest absolute Gasteiger partial charge is 0.216 e. The van der Waals surface area contributed by atoms with Crippen LogP contribution in [-0.2, 0) is 6.42 Å². The SMILES string of the molecule is CCc1cc(C(C=NC)=CN)cnc1F. The van der Waals surface area contributed by atoms with E-state index in [1.54, 1.807) is 19.3 Å². The fourth-order valence-corrected chi connectivity index (χ4v) is 1.25. The molecule has 0 aliphatic carbocycles. The molecule has 1 aromatic heterocycles. The van der Waals surface area contributed by atoms with E-state index in [1.165, 1.54) is 12.4 Å². The highest BCUT2D eigenvalue weighted by Crippen LogP contribution is 2.14. The van der Waals surface area contributed by atoms with Gasteiger partial charge in [-0.05, 0) is 12.5 Å². The summed E-state index contributed by atoms with van der Waals surface area (Å²) in [7, 11) is 1.65. The number of aromatic nitrogens is 1. The van der Waals surface area contributed by atoms with Gasteiger partial charge >= 0.3 is 0 Å². The molecule has 2 N–H and O–H groups in total. The van der Waals surface area contributed by atoms with Gasteiger partial charge in [0, 0.05) is 42.4 Å². The first-order valence-corrected chi connectivity index (χ1v) is 4.71. The third-order valence-electron chi connectivity index (χ3n) is 2.07. The van der Waals surface area contributed by atoms with Gasteiger partial charge in [-0.25, -0.2) is 4.98 Å². The highest BCUT2D eigenvalue weighted by molar-refractivity contribution is 6.09. The number of rotatable bonds is 3. The molecule has 0 aliphatic heterocycles. The maximum absolute atomic E-state index is 13.1. The van der Waals surface area contributed by atoms with Gasteiger partial charge in [0.05, 0.1) is 0 Å². The Hall–Kier alpha value is -1.71. The molecule has 0 radical (unpaired) electrons. The van der Waals surface area contributed by atoms with Crippen LogP contribution in [-0.4, -0.2) is 18.2 Å². The Labute approximate surface area is 88.6 Å². The Balaban J connectivity index is 3.15. The van der Waals surface area contributed by atoms with Crippen molar-refractivity contribution in [1.82, 2.24) is 4.98 Å². The van der Waals surface area contributed by atoms with E-state index < -0.39 is 5.95 Å². The standard InChI is InChI=1S/C11H14FN3/c1-3-8-4-9(7-15-11(8)12)10(5-13)6-14-2/h4-7H,3,13H2,1-2H3. The molecule has 0 aromatic carbocycles. The van der Waals surface area contributed by atoms with Crippen molar-refractivity contribution in [2.75, 3.05) is 7.05 Å². The molecule has 0 atom stereocenters. The minimum absolute atomic E-state index is 0.425. The van der Waals surface area contributed by atoms with Crippen LogP contribution in [0.2, 0.25) is 0 Å². The van der Waals surface area contributed by atoms with Crippen molar-refractivity contribution in [3.05, 3.63) is 35.5 Å². The second kappa shape index (κ2) is 5.24. The van der Waals surface area contributed by atoms with E-state index in [0.29, 0.717) is 12.0 Å². The zero-order valence-corrected chi connectivity index (χ0v) is 8.87. The van der Waals surface area contributed by atoms with Crippen molar-refractivity contribution >= 4 is 11.8 Å². The van der Waals surface area contributed by atoms with Crippen molar-refractivity contribution in [3.63, 3.8) is 0 Å². The summed E-state index contributed by atoms with van der Waals surface area (Å²) in [5.41, 5.74) is 7.54. The molecule has 80 valence electrons. The van der Waals surface area contributed by atoms with Gasteiger partial charge in [-0.1, -0.05) is 6.92 Å². The van der Waals surface area contributed by atoms with Crippen LogP contribution < -0.4 is 5.73 Å². The van der Waals surface area contributed by atoms with E-state index in [4.69, 9.17) is 5.73 Å². The molecule has 0 aliphatic rings. The molecule has 0 unspecified atom stereocenters. The van der Waals surface area contributed by atoms with E-state index in [1.807, 2.05) is 6.92 Å². The molecule has 0 fully saturated rings. The first-order valence-electron chi connectivity index (χ1n) is 4.71. The topological polar surface area (TPSA) is 51.3 Å². The Kier molecular flexibility index (Phi) is 3.97. The minimum atomic E-state index is -0.425. The quantitative estimate of drug-likeness (QED) is 0.606. The number of nitrogens with zero attached hydrogens (tertiary/aromatic N) is 2. The summed E-state index contributed by atoms with van der Waals surface area (Å²) < 4.78 is 13.1. The lowest BCUT2D eigenvalue weighted by atomic mass is 10.1. The highest BCUT2D eigenvalue weighted by Gasteiger charge is 2.05. The summed E-state index contributed by atoms with van der Waals surface area (Å²) >= 11 is 0. The molecule has 0 bridgehead atoms. The predicted octanol–water partition coefficient (Wildman–Crippen LogP) is 1.78. The van der Waals surface area contributed by atoms with Crippen LogP contribution in [0.5, 0.6) is 0 Å². The molecule has 4 heteroatoms. The van der Waals surface area contributed by atoms with Crippen molar-refractivity contribution in [3.8, 4) is 0 Å². The van der Waals surface area contributed by atoms with Crippen molar-refractivity contribution in [2.45, 2.75) is 13.3 Å². The summed E-state index contributed by atoms with van der Waals surface area (Å²) in [5, 5.41) is 0. The van der Waals surface area contributed by atoms with E-state index in [9.17, 15) is 4.39 Å². The fourth-order valence-electron chi connectivity index (χ4n) is 1.25. The van der Waals surface area contributed by atoms with Gasteiger partial charge in [-0.3, -0.25) is 4.99 Å². The zero-order chi connectivity index (χ0) is 11.3. The molecular weight excluding hydrogens is 193 g/mol. The Bertz CT molecular complexity index is 397. The third-order valence-corrected chi connectivity index (χ3v) is 2.07. The van der Waals surface area contributed by atoms with E-state index in [0.717, 1.165) is 11.1 Å². The molecule has 1 rings (SSSR count). The van der Waals surface area contributed by atoms with Gasteiger partial charge in [0.25, 0.3) is 0 Å². The molecular formula is C11H14FN3. The molecule has 3 nitrogen and oxygen atoms in total. The van der Waals surface area contributed by atoms with E-state index in [2.05, 4.69) is 9.98 Å². The number of hydrogen-bond donors (Lipinski definition) is 1. The summed E-state index contributed by atoms with van der Waals surface area (Å²) in [6, 6.07) is 1.74. The number of halogens is 1. The number of nitrogens with two attached hydrogens (primary N) is 1. The number of aryl methyl sites for hydroxylation is 1. The van der Waals surface area contributed by atoms with Crippen molar-refractivity contribution < 1.29 is 4.39 Å². The molecule has 0 saturated carbocycles. The molecule has 15 heavy (non-hydrogen) atoms. The van der Waals surface area contributed by atoms with Crippen LogP contribution in [0.4, 0.5) is 4.39 Å². The van der Waals surface area contributed by atoms with Gasteiger partial charge in [-0.2, -0.15) is 4.39 Å². The maximum atomic E-state index is 13.1. The average molecular weight is 207 g/mol. The van der Waals surface area contributed by atoms with Gasteiger partial charge in [0.2, 0.25) is 5.95 Å². The number of aliphatic imine (C=N–C) groups is 1. The van der Waals surface area contributed by atoms with Crippen LogP contribution >= 0.6 is 0 Å². The van der Waals surface area contributed by atoms with Crippen LogP contribution in [0.25, 0.3) is 5.57 Å². The summed E-state index contributed by atoms with van der Waals surface area (Å²) in [5.74, 6) is -0.425. The lowest BCUT2D eigenvalue weighted by Crippen LogP contribution is -1.97. The lowest BCUT2D eigenvalue weighted by molar-refractivity contribution is 0.568. The monoisotopic (exact) mass is 207 g/mol. The van der Waals surface area contributed by atoms with Crippen molar-refractivity contribution in [1.29, 1.82) is 0 Å². The van der Waals surface area contributed by atoms with E-state index in [-0.39, 0.29) is 0 Å². The van der Waals surface area contributed by atoms with Gasteiger partial charge in [0.1, 0.15) is 0 Å². The Morgan fingerprint density at radius 3 is 2.93 bits per heavy atom. The summed E-state index contributed by atoms with van der Waals surface area (Å²) in [6.45, 7) is 1.88. The largest absolute Gasteiger partial charge is 0.404 e. The second-order valence-corrected chi connectivity index (χ2v) is 3.04. The van der Waals surface area contributed by atoms with Crippen LogP contribution in [0.15, 0.2) is 23.5 Å². The van der Waals surface area contributed by atoms with Gasteiger partial charge < -0.3 is 5.73 Å². The van der Waals surface area contributed by atoms with Crippen molar-refractivity contribution in [2.24, 2.45) is 10.7 Å².